The average Bonchev–Trinajstić information content (AvgIpc) is 2.65. The van der Waals surface area contributed by atoms with E-state index >= 15 is 0 Å². The van der Waals surface area contributed by atoms with E-state index in [2.05, 4.69) is 12.1 Å². The molecule has 0 aliphatic heterocycles. The summed E-state index contributed by atoms with van der Waals surface area (Å²) < 4.78 is 0. The zero-order valence-electron chi connectivity index (χ0n) is 9.90. The molecule has 1 aliphatic rings. The Hall–Kier alpha value is -2.29. The van der Waals surface area contributed by atoms with Crippen molar-refractivity contribution < 1.29 is 15.0 Å². The second kappa shape index (κ2) is 3.60. The van der Waals surface area contributed by atoms with Crippen LogP contribution in [0.1, 0.15) is 27.0 Å². The van der Waals surface area contributed by atoms with Crippen LogP contribution in [0.5, 0.6) is 5.75 Å². The van der Waals surface area contributed by atoms with Crippen molar-refractivity contribution in [2.45, 2.75) is 13.3 Å². The van der Waals surface area contributed by atoms with Crippen LogP contribution < -0.4 is 0 Å². The lowest BCUT2D eigenvalue weighted by Crippen LogP contribution is -1.98. The molecule has 0 amide bonds. The van der Waals surface area contributed by atoms with Crippen LogP contribution in [0.15, 0.2) is 30.3 Å². The van der Waals surface area contributed by atoms with Crippen LogP contribution in [0.25, 0.3) is 11.1 Å². The number of carbonyl (C=O) groups is 1. The van der Waals surface area contributed by atoms with Gasteiger partial charge in [0.2, 0.25) is 0 Å². The van der Waals surface area contributed by atoms with Gasteiger partial charge in [0.1, 0.15) is 11.3 Å². The number of aromatic hydroxyl groups is 1. The SMILES string of the molecule is Cc1ccc2c(c1)-c1cc(O)c(C(=O)O)cc1C2. The maximum atomic E-state index is 11.0. The normalized spacial score (nSPS) is 12.1. The third-order valence-corrected chi connectivity index (χ3v) is 3.39. The van der Waals surface area contributed by atoms with Gasteiger partial charge < -0.3 is 10.2 Å². The predicted molar refractivity (Wildman–Crippen MR) is 68.0 cm³/mol. The summed E-state index contributed by atoms with van der Waals surface area (Å²) >= 11 is 0. The van der Waals surface area contributed by atoms with E-state index in [0.29, 0.717) is 0 Å². The summed E-state index contributed by atoms with van der Waals surface area (Å²) in [6, 6.07) is 9.30. The number of aryl methyl sites for hydroxylation is 1. The lowest BCUT2D eigenvalue weighted by molar-refractivity contribution is 0.0693. The van der Waals surface area contributed by atoms with Gasteiger partial charge in [-0.15, -0.1) is 0 Å². The van der Waals surface area contributed by atoms with Crippen molar-refractivity contribution in [2.24, 2.45) is 0 Å². The van der Waals surface area contributed by atoms with Crippen molar-refractivity contribution in [2.75, 3.05) is 0 Å². The molecular formula is C15H12O3. The van der Waals surface area contributed by atoms with Crippen LogP contribution >= 0.6 is 0 Å². The summed E-state index contributed by atoms with van der Waals surface area (Å²) in [7, 11) is 0. The lowest BCUT2D eigenvalue weighted by Gasteiger charge is -2.05. The number of hydrogen-bond donors (Lipinski definition) is 2. The van der Waals surface area contributed by atoms with Crippen LogP contribution in [0.3, 0.4) is 0 Å². The lowest BCUT2D eigenvalue weighted by atomic mass is 10.0. The largest absolute Gasteiger partial charge is 0.507 e. The smallest absolute Gasteiger partial charge is 0.339 e. The van der Waals surface area contributed by atoms with E-state index in [-0.39, 0.29) is 11.3 Å². The first kappa shape index (κ1) is 10.8. The highest BCUT2D eigenvalue weighted by molar-refractivity contribution is 5.93. The summed E-state index contributed by atoms with van der Waals surface area (Å²) in [4.78, 5) is 11.0. The molecule has 3 heteroatoms. The van der Waals surface area contributed by atoms with Crippen molar-refractivity contribution >= 4 is 5.97 Å². The van der Waals surface area contributed by atoms with Crippen molar-refractivity contribution in [1.29, 1.82) is 0 Å². The number of fused-ring (bicyclic) bond motifs is 3. The molecule has 3 rings (SSSR count). The molecule has 0 aromatic heterocycles. The molecule has 2 aromatic rings. The molecule has 18 heavy (non-hydrogen) atoms. The van der Waals surface area contributed by atoms with E-state index in [1.54, 1.807) is 12.1 Å². The van der Waals surface area contributed by atoms with Gasteiger partial charge in [-0.25, -0.2) is 4.79 Å². The van der Waals surface area contributed by atoms with E-state index in [1.807, 2.05) is 13.0 Å². The van der Waals surface area contributed by atoms with Gasteiger partial charge in [0, 0.05) is 0 Å². The Kier molecular flexibility index (Phi) is 2.17. The number of phenols is 1. The van der Waals surface area contributed by atoms with Crippen molar-refractivity contribution in [3.05, 3.63) is 52.6 Å². The van der Waals surface area contributed by atoms with Gasteiger partial charge in [-0.2, -0.15) is 0 Å². The highest BCUT2D eigenvalue weighted by atomic mass is 16.4. The molecule has 0 saturated heterocycles. The summed E-state index contributed by atoms with van der Waals surface area (Å²) in [5.74, 6) is -1.27. The van der Waals surface area contributed by atoms with Gasteiger partial charge >= 0.3 is 5.97 Å². The fraction of sp³-hybridized carbons (Fsp3) is 0.133. The van der Waals surface area contributed by atoms with Gasteiger partial charge in [-0.1, -0.05) is 23.8 Å². The molecule has 90 valence electrons. The first-order valence-electron chi connectivity index (χ1n) is 5.75. The number of aromatic carboxylic acids is 1. The molecule has 0 fully saturated rings. The molecule has 0 saturated carbocycles. The standard InChI is InChI=1S/C15H12O3/c1-8-2-3-9-5-10-6-13(15(17)18)14(16)7-12(10)11(9)4-8/h2-4,6-7,16H,5H2,1H3,(H,17,18). The van der Waals surface area contributed by atoms with Crippen LogP contribution in [-0.2, 0) is 6.42 Å². The van der Waals surface area contributed by atoms with Crippen molar-refractivity contribution in [3.63, 3.8) is 0 Å². The Labute approximate surface area is 104 Å². The van der Waals surface area contributed by atoms with Crippen molar-refractivity contribution in [3.8, 4) is 16.9 Å². The minimum atomic E-state index is -1.09. The average molecular weight is 240 g/mol. The van der Waals surface area contributed by atoms with E-state index in [4.69, 9.17) is 5.11 Å². The monoisotopic (exact) mass is 240 g/mol. The molecule has 0 spiro atoms. The first-order chi connectivity index (χ1) is 8.56. The third kappa shape index (κ3) is 1.48. The molecule has 0 bridgehead atoms. The van der Waals surface area contributed by atoms with Gasteiger partial charge in [-0.3, -0.25) is 0 Å². The van der Waals surface area contributed by atoms with E-state index in [0.717, 1.165) is 28.7 Å². The molecule has 1 aliphatic carbocycles. The minimum absolute atomic E-state index is 0.0294. The van der Waals surface area contributed by atoms with Gasteiger partial charge in [0.15, 0.2) is 0 Å². The molecule has 0 heterocycles. The Bertz CT molecular complexity index is 672. The summed E-state index contributed by atoms with van der Waals surface area (Å²) in [5, 5.41) is 18.8. The number of carboxylic acid groups (broad SMARTS) is 1. The summed E-state index contributed by atoms with van der Waals surface area (Å²) in [6.07, 6.45) is 0.728. The minimum Gasteiger partial charge on any atom is -0.507 e. The van der Waals surface area contributed by atoms with E-state index < -0.39 is 5.97 Å². The zero-order chi connectivity index (χ0) is 12.9. The second-order valence-electron chi connectivity index (χ2n) is 4.67. The quantitative estimate of drug-likeness (QED) is 0.687. The topological polar surface area (TPSA) is 57.5 Å². The third-order valence-electron chi connectivity index (χ3n) is 3.39. The number of carboxylic acids is 1. The van der Waals surface area contributed by atoms with Gasteiger partial charge in [0.25, 0.3) is 0 Å². The van der Waals surface area contributed by atoms with Crippen LogP contribution in [0.2, 0.25) is 0 Å². The van der Waals surface area contributed by atoms with Crippen molar-refractivity contribution in [1.82, 2.24) is 0 Å². The first-order valence-corrected chi connectivity index (χ1v) is 5.75. The fourth-order valence-electron chi connectivity index (χ4n) is 2.50. The van der Waals surface area contributed by atoms with E-state index in [1.165, 1.54) is 5.56 Å². The fourth-order valence-corrected chi connectivity index (χ4v) is 2.50. The van der Waals surface area contributed by atoms with Crippen LogP contribution in [-0.4, -0.2) is 16.2 Å². The van der Waals surface area contributed by atoms with Crippen LogP contribution in [0, 0.1) is 6.92 Å². The number of benzene rings is 2. The number of rotatable bonds is 1. The number of hydrogen-bond acceptors (Lipinski definition) is 2. The molecular weight excluding hydrogens is 228 g/mol. The van der Waals surface area contributed by atoms with Crippen LogP contribution in [0.4, 0.5) is 0 Å². The van der Waals surface area contributed by atoms with E-state index in [9.17, 15) is 9.90 Å². The Balaban J connectivity index is 2.23. The molecule has 3 nitrogen and oxygen atoms in total. The zero-order valence-corrected chi connectivity index (χ0v) is 9.90. The Morgan fingerprint density at radius 2 is 1.83 bits per heavy atom. The Morgan fingerprint density at radius 1 is 1.11 bits per heavy atom. The summed E-state index contributed by atoms with van der Waals surface area (Å²) in [5.41, 5.74) is 5.30. The van der Waals surface area contributed by atoms with Gasteiger partial charge in [-0.05, 0) is 47.7 Å². The Morgan fingerprint density at radius 3 is 2.56 bits per heavy atom. The molecule has 2 aromatic carbocycles. The molecule has 2 N–H and O–H groups in total. The predicted octanol–water partition coefficient (Wildman–Crippen LogP) is 2.97. The maximum Gasteiger partial charge on any atom is 0.339 e. The highest BCUT2D eigenvalue weighted by Gasteiger charge is 2.22. The van der Waals surface area contributed by atoms with Gasteiger partial charge in [0.05, 0.1) is 0 Å². The molecule has 0 atom stereocenters. The maximum absolute atomic E-state index is 11.0. The molecule has 0 radical (unpaired) electrons. The molecule has 0 unspecified atom stereocenters. The summed E-state index contributed by atoms with van der Waals surface area (Å²) in [6.45, 7) is 2.02. The second-order valence-corrected chi connectivity index (χ2v) is 4.67. The highest BCUT2D eigenvalue weighted by Crippen LogP contribution is 2.40.